The summed E-state index contributed by atoms with van der Waals surface area (Å²) in [5.41, 5.74) is 2.31. The molecule has 0 saturated heterocycles. The summed E-state index contributed by atoms with van der Waals surface area (Å²) in [7, 11) is 0. The monoisotopic (exact) mass is 233 g/mol. The summed E-state index contributed by atoms with van der Waals surface area (Å²) >= 11 is 0. The summed E-state index contributed by atoms with van der Waals surface area (Å²) in [5.74, 6) is 0.463. The third-order valence-corrected chi connectivity index (χ3v) is 2.98. The first-order chi connectivity index (χ1) is 8.31. The van der Waals surface area contributed by atoms with Gasteiger partial charge >= 0.3 is 0 Å². The molecule has 1 aliphatic rings. The van der Waals surface area contributed by atoms with Gasteiger partial charge < -0.3 is 10.1 Å². The molecule has 0 aromatic heterocycles. The number of carbonyl (C=O) groups excluding carboxylic acids is 1. The lowest BCUT2D eigenvalue weighted by Gasteiger charge is -2.10. The Labute approximate surface area is 102 Å². The number of carbonyl (C=O) groups is 1. The van der Waals surface area contributed by atoms with Gasteiger partial charge in [0.1, 0.15) is 0 Å². The van der Waals surface area contributed by atoms with Crippen molar-refractivity contribution in [3.8, 4) is 0 Å². The van der Waals surface area contributed by atoms with Crippen LogP contribution in [-0.4, -0.2) is 12.5 Å². The molecular weight excluding hydrogens is 214 g/mol. The van der Waals surface area contributed by atoms with Gasteiger partial charge in [-0.1, -0.05) is 24.3 Å². The smallest absolute Gasteiger partial charge is 0.223 e. The maximum Gasteiger partial charge on any atom is 0.223 e. The first-order valence-electron chi connectivity index (χ1n) is 6.23. The minimum Gasteiger partial charge on any atom is -0.377 e. The van der Waals surface area contributed by atoms with Crippen molar-refractivity contribution in [2.24, 2.45) is 5.92 Å². The van der Waals surface area contributed by atoms with Crippen molar-refractivity contribution in [1.82, 2.24) is 5.32 Å². The standard InChI is InChI=1S/C14H19NO2/c1-2-17-10-13-6-4-3-5-12(13)9-15-14(16)11-7-8-11/h3-6,11H,2,7-10H2,1H3,(H,15,16). The summed E-state index contributed by atoms with van der Waals surface area (Å²) in [6.07, 6.45) is 2.10. The maximum atomic E-state index is 11.6. The van der Waals surface area contributed by atoms with Gasteiger partial charge in [-0.2, -0.15) is 0 Å². The molecule has 3 heteroatoms. The van der Waals surface area contributed by atoms with E-state index >= 15 is 0 Å². The number of hydrogen-bond acceptors (Lipinski definition) is 2. The summed E-state index contributed by atoms with van der Waals surface area (Å²) in [6.45, 7) is 3.92. The molecule has 1 aliphatic carbocycles. The van der Waals surface area contributed by atoms with Crippen molar-refractivity contribution in [3.05, 3.63) is 35.4 Å². The number of hydrogen-bond donors (Lipinski definition) is 1. The average molecular weight is 233 g/mol. The lowest BCUT2D eigenvalue weighted by molar-refractivity contribution is -0.122. The van der Waals surface area contributed by atoms with Crippen LogP contribution in [0.1, 0.15) is 30.9 Å². The Morgan fingerprint density at radius 2 is 2.06 bits per heavy atom. The Morgan fingerprint density at radius 3 is 2.71 bits per heavy atom. The van der Waals surface area contributed by atoms with Crippen molar-refractivity contribution in [2.75, 3.05) is 6.61 Å². The van der Waals surface area contributed by atoms with E-state index in [4.69, 9.17) is 4.74 Å². The van der Waals surface area contributed by atoms with E-state index in [-0.39, 0.29) is 11.8 Å². The minimum absolute atomic E-state index is 0.191. The molecule has 0 bridgehead atoms. The van der Waals surface area contributed by atoms with E-state index < -0.39 is 0 Å². The van der Waals surface area contributed by atoms with Gasteiger partial charge in [-0.05, 0) is 30.9 Å². The highest BCUT2D eigenvalue weighted by Crippen LogP contribution is 2.28. The molecule has 0 aliphatic heterocycles. The van der Waals surface area contributed by atoms with Crippen LogP contribution < -0.4 is 5.32 Å². The highest BCUT2D eigenvalue weighted by atomic mass is 16.5. The second-order valence-corrected chi connectivity index (χ2v) is 4.40. The first-order valence-corrected chi connectivity index (χ1v) is 6.23. The third-order valence-electron chi connectivity index (χ3n) is 2.98. The molecular formula is C14H19NO2. The zero-order valence-electron chi connectivity index (χ0n) is 10.2. The average Bonchev–Trinajstić information content (AvgIpc) is 3.18. The van der Waals surface area contributed by atoms with E-state index in [0.29, 0.717) is 19.8 Å². The fourth-order valence-corrected chi connectivity index (χ4v) is 1.75. The van der Waals surface area contributed by atoms with Gasteiger partial charge in [-0.15, -0.1) is 0 Å². The van der Waals surface area contributed by atoms with Crippen LogP contribution >= 0.6 is 0 Å². The zero-order valence-corrected chi connectivity index (χ0v) is 10.2. The van der Waals surface area contributed by atoms with Crippen LogP contribution in [0.2, 0.25) is 0 Å². The topological polar surface area (TPSA) is 38.3 Å². The second kappa shape index (κ2) is 5.82. The summed E-state index contributed by atoms with van der Waals surface area (Å²) in [5, 5.41) is 2.98. The molecule has 0 heterocycles. The van der Waals surface area contributed by atoms with E-state index in [1.165, 1.54) is 0 Å². The van der Waals surface area contributed by atoms with E-state index in [1.807, 2.05) is 31.2 Å². The summed E-state index contributed by atoms with van der Waals surface area (Å²) < 4.78 is 5.41. The van der Waals surface area contributed by atoms with Gasteiger partial charge in [0.2, 0.25) is 5.91 Å². The Bertz CT molecular complexity index is 386. The van der Waals surface area contributed by atoms with Crippen molar-refractivity contribution < 1.29 is 9.53 Å². The van der Waals surface area contributed by atoms with Gasteiger partial charge in [0.15, 0.2) is 0 Å². The highest BCUT2D eigenvalue weighted by molar-refractivity contribution is 5.80. The molecule has 0 atom stereocenters. The van der Waals surface area contributed by atoms with Crippen molar-refractivity contribution >= 4 is 5.91 Å². The number of ether oxygens (including phenoxy) is 1. The second-order valence-electron chi connectivity index (χ2n) is 4.40. The van der Waals surface area contributed by atoms with Crippen LogP contribution in [0.25, 0.3) is 0 Å². The number of rotatable bonds is 6. The molecule has 0 radical (unpaired) electrons. The molecule has 1 aromatic rings. The lowest BCUT2D eigenvalue weighted by Crippen LogP contribution is -2.24. The van der Waals surface area contributed by atoms with Crippen molar-refractivity contribution in [2.45, 2.75) is 32.9 Å². The quantitative estimate of drug-likeness (QED) is 0.818. The fourth-order valence-electron chi connectivity index (χ4n) is 1.75. The number of benzene rings is 1. The van der Waals surface area contributed by atoms with Crippen LogP contribution in [0.15, 0.2) is 24.3 Å². The first kappa shape index (κ1) is 12.1. The number of nitrogens with one attached hydrogen (secondary N) is 1. The van der Waals surface area contributed by atoms with Crippen LogP contribution in [0.4, 0.5) is 0 Å². The molecule has 1 saturated carbocycles. The Kier molecular flexibility index (Phi) is 4.15. The molecule has 2 rings (SSSR count). The van der Waals surface area contributed by atoms with Crippen molar-refractivity contribution in [3.63, 3.8) is 0 Å². The van der Waals surface area contributed by atoms with Crippen LogP contribution in [0.3, 0.4) is 0 Å². The van der Waals surface area contributed by atoms with Gasteiger partial charge in [-0.3, -0.25) is 4.79 Å². The van der Waals surface area contributed by atoms with E-state index in [1.54, 1.807) is 0 Å². The van der Waals surface area contributed by atoms with E-state index in [0.717, 1.165) is 24.0 Å². The third kappa shape index (κ3) is 3.56. The minimum atomic E-state index is 0.191. The molecule has 0 spiro atoms. The summed E-state index contributed by atoms with van der Waals surface area (Å²) in [4.78, 5) is 11.6. The molecule has 17 heavy (non-hydrogen) atoms. The van der Waals surface area contributed by atoms with Gasteiger partial charge in [0.05, 0.1) is 6.61 Å². The molecule has 0 unspecified atom stereocenters. The normalized spacial score (nSPS) is 14.6. The van der Waals surface area contributed by atoms with E-state index in [2.05, 4.69) is 5.32 Å². The number of amides is 1. The highest BCUT2D eigenvalue weighted by Gasteiger charge is 2.29. The Hall–Kier alpha value is -1.35. The predicted molar refractivity (Wildman–Crippen MR) is 66.3 cm³/mol. The molecule has 1 aromatic carbocycles. The fraction of sp³-hybridized carbons (Fsp3) is 0.500. The van der Waals surface area contributed by atoms with Crippen LogP contribution in [-0.2, 0) is 22.7 Å². The van der Waals surface area contributed by atoms with Crippen LogP contribution in [0.5, 0.6) is 0 Å². The van der Waals surface area contributed by atoms with Gasteiger partial charge in [0, 0.05) is 19.1 Å². The van der Waals surface area contributed by atoms with E-state index in [9.17, 15) is 4.79 Å². The predicted octanol–water partition coefficient (Wildman–Crippen LogP) is 2.25. The largest absolute Gasteiger partial charge is 0.377 e. The SMILES string of the molecule is CCOCc1ccccc1CNC(=O)C1CC1. The maximum absolute atomic E-state index is 11.6. The lowest BCUT2D eigenvalue weighted by atomic mass is 10.1. The Morgan fingerprint density at radius 1 is 1.35 bits per heavy atom. The molecule has 3 nitrogen and oxygen atoms in total. The van der Waals surface area contributed by atoms with Gasteiger partial charge in [0.25, 0.3) is 0 Å². The van der Waals surface area contributed by atoms with Crippen LogP contribution in [0, 0.1) is 5.92 Å². The molecule has 92 valence electrons. The summed E-state index contributed by atoms with van der Waals surface area (Å²) in [6, 6.07) is 8.09. The molecule has 1 N–H and O–H groups in total. The van der Waals surface area contributed by atoms with Crippen molar-refractivity contribution in [1.29, 1.82) is 0 Å². The van der Waals surface area contributed by atoms with Gasteiger partial charge in [-0.25, -0.2) is 0 Å². The zero-order chi connectivity index (χ0) is 12.1. The Balaban J connectivity index is 1.91. The molecule has 1 fully saturated rings. The molecule has 1 amide bonds.